The van der Waals surface area contributed by atoms with Crippen molar-refractivity contribution in [2.75, 3.05) is 20.2 Å². The van der Waals surface area contributed by atoms with Gasteiger partial charge >= 0.3 is 0 Å². The molecule has 1 N–H and O–H groups in total. The molecule has 0 saturated carbocycles. The number of rotatable bonds is 5. The van der Waals surface area contributed by atoms with Gasteiger partial charge in [-0.3, -0.25) is 14.3 Å². The average molecular weight is 519 g/mol. The van der Waals surface area contributed by atoms with Crippen molar-refractivity contribution in [2.24, 2.45) is 0 Å². The highest BCUT2D eigenvalue weighted by Crippen LogP contribution is 2.33. The lowest BCUT2D eigenvalue weighted by Crippen LogP contribution is -2.57. The number of methoxy groups -OCH3 is 1. The third-order valence-corrected chi connectivity index (χ3v) is 7.04. The second kappa shape index (κ2) is 12.1. The molecule has 0 spiro atoms. The molecular formula is C29H34N4O5. The monoisotopic (exact) mass is 518 g/mol. The van der Waals surface area contributed by atoms with Gasteiger partial charge in [0.1, 0.15) is 5.75 Å². The first kappa shape index (κ1) is 25.8. The Bertz CT molecular complexity index is 1250. The lowest BCUT2D eigenvalue weighted by molar-refractivity contribution is -0.137. The lowest BCUT2D eigenvalue weighted by atomic mass is 10.0. The van der Waals surface area contributed by atoms with Crippen LogP contribution in [0.3, 0.4) is 0 Å². The number of aromatic nitrogens is 2. The van der Waals surface area contributed by atoms with Crippen molar-refractivity contribution in [2.45, 2.75) is 57.4 Å². The summed E-state index contributed by atoms with van der Waals surface area (Å²) < 4.78 is 19.8. The summed E-state index contributed by atoms with van der Waals surface area (Å²) >= 11 is 0. The van der Waals surface area contributed by atoms with Crippen LogP contribution in [0.1, 0.15) is 36.8 Å². The number of piperidine rings is 1. The van der Waals surface area contributed by atoms with Crippen molar-refractivity contribution in [3.8, 4) is 17.2 Å². The fourth-order valence-electron chi connectivity index (χ4n) is 5.00. The van der Waals surface area contributed by atoms with Gasteiger partial charge in [0.05, 0.1) is 25.9 Å². The van der Waals surface area contributed by atoms with Crippen LogP contribution in [-0.4, -0.2) is 58.8 Å². The summed E-state index contributed by atoms with van der Waals surface area (Å²) in [5.41, 5.74) is 1.95. The minimum Gasteiger partial charge on any atom is -0.493 e. The molecule has 9 nitrogen and oxygen atoms in total. The number of benzene rings is 2. The summed E-state index contributed by atoms with van der Waals surface area (Å²) in [5, 5.41) is 7.36. The summed E-state index contributed by atoms with van der Waals surface area (Å²) in [5.74, 6) is 1.96. The number of carbonyl (C=O) groups excluding carboxylic acids is 2. The molecule has 3 aromatic rings. The Kier molecular flexibility index (Phi) is 8.23. The topological polar surface area (TPSA) is 94.9 Å². The Morgan fingerprint density at radius 2 is 2.08 bits per heavy atom. The molecule has 2 atom stereocenters. The molecule has 9 heteroatoms. The maximum Gasteiger partial charge on any atom is 0.222 e. The van der Waals surface area contributed by atoms with E-state index in [1.165, 1.54) is 0 Å². The highest BCUT2D eigenvalue weighted by atomic mass is 16.5. The number of hydrogen-bond donors (Lipinski definition) is 1. The Labute approximate surface area is 222 Å². The summed E-state index contributed by atoms with van der Waals surface area (Å²) in [4.78, 5) is 27.8. The lowest BCUT2D eigenvalue weighted by Gasteiger charge is -2.39. The van der Waals surface area contributed by atoms with E-state index in [4.69, 9.17) is 14.2 Å². The van der Waals surface area contributed by atoms with Crippen molar-refractivity contribution in [1.82, 2.24) is 20.0 Å². The van der Waals surface area contributed by atoms with Crippen LogP contribution in [0.25, 0.3) is 0 Å². The van der Waals surface area contributed by atoms with Crippen LogP contribution in [-0.2, 0) is 33.9 Å². The van der Waals surface area contributed by atoms with Gasteiger partial charge < -0.3 is 24.4 Å². The molecule has 2 amide bonds. The molecule has 38 heavy (non-hydrogen) atoms. The highest BCUT2D eigenvalue weighted by molar-refractivity contribution is 5.78. The van der Waals surface area contributed by atoms with Gasteiger partial charge in [-0.2, -0.15) is 5.10 Å². The predicted molar refractivity (Wildman–Crippen MR) is 141 cm³/mol. The number of ether oxygens (including phenoxy) is 3. The number of amides is 2. The van der Waals surface area contributed by atoms with Gasteiger partial charge in [-0.15, -0.1) is 0 Å². The van der Waals surface area contributed by atoms with Crippen molar-refractivity contribution in [1.29, 1.82) is 0 Å². The van der Waals surface area contributed by atoms with E-state index in [1.807, 2.05) is 64.3 Å². The van der Waals surface area contributed by atoms with Crippen molar-refractivity contribution in [3.05, 3.63) is 72.1 Å². The first-order valence-electron chi connectivity index (χ1n) is 13.2. The number of likely N-dealkylation sites (tertiary alicyclic amines) is 1. The Balaban J connectivity index is 1.29. The Morgan fingerprint density at radius 1 is 1.16 bits per heavy atom. The van der Waals surface area contributed by atoms with Crippen LogP contribution < -0.4 is 14.8 Å². The van der Waals surface area contributed by atoms with E-state index in [0.29, 0.717) is 69.2 Å². The minimum atomic E-state index is -0.276. The smallest absolute Gasteiger partial charge is 0.222 e. The molecule has 3 heterocycles. The van der Waals surface area contributed by atoms with Crippen LogP contribution in [0.4, 0.5) is 0 Å². The second-order valence-electron chi connectivity index (χ2n) is 9.76. The largest absolute Gasteiger partial charge is 0.493 e. The van der Waals surface area contributed by atoms with Gasteiger partial charge in [0.15, 0.2) is 11.5 Å². The maximum absolute atomic E-state index is 13.0. The number of nitrogens with one attached hydrogen (secondary N) is 1. The molecular weight excluding hydrogens is 484 g/mol. The molecule has 5 rings (SSSR count). The van der Waals surface area contributed by atoms with Gasteiger partial charge in [-0.1, -0.05) is 18.2 Å². The number of carbonyl (C=O) groups is 2. The number of fused-ring (bicyclic) bond motifs is 5. The van der Waals surface area contributed by atoms with Crippen molar-refractivity contribution in [3.63, 3.8) is 0 Å². The van der Waals surface area contributed by atoms with Gasteiger partial charge in [-0.25, -0.2) is 0 Å². The van der Waals surface area contributed by atoms with Crippen LogP contribution in [0.5, 0.6) is 17.2 Å². The van der Waals surface area contributed by atoms with Crippen molar-refractivity contribution < 1.29 is 23.8 Å². The molecule has 0 aliphatic carbocycles. The van der Waals surface area contributed by atoms with E-state index in [9.17, 15) is 9.59 Å². The quantitative estimate of drug-likeness (QED) is 0.553. The highest BCUT2D eigenvalue weighted by Gasteiger charge is 2.33. The third kappa shape index (κ3) is 6.52. The summed E-state index contributed by atoms with van der Waals surface area (Å²) in [6, 6.07) is 15.1. The Morgan fingerprint density at radius 3 is 2.92 bits per heavy atom. The standard InChI is InChI=1S/C29H34N4O5/c1-36-26-10-8-21-9-11-28(34)31-24-19-32(29(35)7-3-14-33-15-4-13-30-33)16-12-25(24)37-20-22-5-2-6-23(17-22)38-27(26)18-21/h2,4-6,8,10,13,15,17-18,24-25H,3,7,9,11-12,14,16,19-20H2,1H3,(H,31,34)/t24-,25+/m0/s1. The zero-order valence-corrected chi connectivity index (χ0v) is 21.7. The van der Waals surface area contributed by atoms with E-state index in [0.717, 1.165) is 17.5 Å². The number of nitrogens with zero attached hydrogens (tertiary/aromatic N) is 3. The first-order valence-corrected chi connectivity index (χ1v) is 13.2. The molecule has 1 fully saturated rings. The first-order chi connectivity index (χ1) is 18.6. The summed E-state index contributed by atoms with van der Waals surface area (Å²) in [6.45, 7) is 2.12. The van der Waals surface area contributed by atoms with Gasteiger partial charge in [0, 0.05) is 44.9 Å². The Hall–Kier alpha value is -3.85. The molecule has 200 valence electrons. The van der Waals surface area contributed by atoms with Gasteiger partial charge in [0.2, 0.25) is 11.8 Å². The molecule has 1 saturated heterocycles. The average Bonchev–Trinajstić information content (AvgIpc) is 3.44. The summed E-state index contributed by atoms with van der Waals surface area (Å²) in [7, 11) is 1.61. The third-order valence-electron chi connectivity index (χ3n) is 7.04. The SMILES string of the molecule is COc1ccc2cc1Oc1cccc(c1)CO[C@@H]1CCN(C(=O)CCCn3cccn3)C[C@@H]1NC(=O)CC2. The zero-order valence-electron chi connectivity index (χ0n) is 21.7. The van der Waals surface area contributed by atoms with Gasteiger partial charge in [-0.05, 0) is 60.7 Å². The molecule has 4 bridgehead atoms. The number of hydrogen-bond acceptors (Lipinski definition) is 6. The summed E-state index contributed by atoms with van der Waals surface area (Å²) in [6.07, 6.45) is 6.14. The predicted octanol–water partition coefficient (Wildman–Crippen LogP) is 3.71. The van der Waals surface area contributed by atoms with E-state index < -0.39 is 0 Å². The zero-order chi connectivity index (χ0) is 26.3. The van der Waals surface area contributed by atoms with Crippen molar-refractivity contribution >= 4 is 11.8 Å². The van der Waals surface area contributed by atoms with Crippen LogP contribution in [0.15, 0.2) is 60.9 Å². The molecule has 2 aliphatic rings. The van der Waals surface area contributed by atoms with E-state index in [2.05, 4.69) is 10.4 Å². The molecule has 2 aromatic carbocycles. The van der Waals surface area contributed by atoms with Gasteiger partial charge in [0.25, 0.3) is 0 Å². The minimum absolute atomic E-state index is 0.0645. The fraction of sp³-hybridized carbons (Fsp3) is 0.414. The van der Waals surface area contributed by atoms with Crippen LogP contribution in [0.2, 0.25) is 0 Å². The van der Waals surface area contributed by atoms with E-state index >= 15 is 0 Å². The number of aryl methyl sites for hydroxylation is 2. The maximum atomic E-state index is 13.0. The van der Waals surface area contributed by atoms with E-state index in [-0.39, 0.29) is 24.0 Å². The molecule has 0 unspecified atom stereocenters. The van der Waals surface area contributed by atoms with Crippen LogP contribution >= 0.6 is 0 Å². The fourth-order valence-corrected chi connectivity index (χ4v) is 5.00. The normalized spacial score (nSPS) is 19.8. The second-order valence-corrected chi connectivity index (χ2v) is 9.76. The molecule has 0 radical (unpaired) electrons. The van der Waals surface area contributed by atoms with E-state index in [1.54, 1.807) is 13.3 Å². The molecule has 2 aliphatic heterocycles. The molecule has 1 aromatic heterocycles. The van der Waals surface area contributed by atoms with Crippen LogP contribution in [0, 0.1) is 0 Å².